The number of nitrogens with one attached hydrogen (secondary N) is 1. The quantitative estimate of drug-likeness (QED) is 0.346. The topological polar surface area (TPSA) is 42.0 Å². The van der Waals surface area contributed by atoms with Crippen LogP contribution in [0.15, 0.2) is 89.8 Å². The minimum atomic E-state index is 0.00752. The van der Waals surface area contributed by atoms with Gasteiger partial charge in [0.1, 0.15) is 0 Å². The molecule has 1 aromatic heterocycles. The van der Waals surface area contributed by atoms with Gasteiger partial charge in [-0.1, -0.05) is 85.8 Å². The second-order valence-electron chi connectivity index (χ2n) is 7.47. The Kier molecular flexibility index (Phi) is 6.68. The number of para-hydroxylation sites is 1. The van der Waals surface area contributed by atoms with Crippen LogP contribution in [0.25, 0.3) is 22.2 Å². The van der Waals surface area contributed by atoms with E-state index in [9.17, 15) is 4.79 Å². The predicted octanol–water partition coefficient (Wildman–Crippen LogP) is 6.43. The molecule has 0 bridgehead atoms. The lowest BCUT2D eigenvalue weighted by Gasteiger charge is -2.19. The first-order valence-electron chi connectivity index (χ1n) is 10.6. The van der Waals surface area contributed by atoms with E-state index in [2.05, 4.69) is 48.8 Å². The van der Waals surface area contributed by atoms with Crippen molar-refractivity contribution < 1.29 is 4.79 Å². The molecule has 1 amide bonds. The standard InChI is InChI=1S/C27H26N2OS/c1-3-23(19-12-6-4-7-13-19)28-25(30)18-22-21-16-10-11-17-24(21)29-26(27(22)31-2)20-14-8-5-9-15-20/h4-17,23H,3,18H2,1-2H3,(H,28,30)/t23-/m0/s1. The number of hydrogen-bond acceptors (Lipinski definition) is 3. The summed E-state index contributed by atoms with van der Waals surface area (Å²) >= 11 is 1.65. The summed E-state index contributed by atoms with van der Waals surface area (Å²) in [6.07, 6.45) is 3.22. The summed E-state index contributed by atoms with van der Waals surface area (Å²) in [6, 6.07) is 28.4. The number of rotatable bonds is 7. The van der Waals surface area contributed by atoms with Crippen molar-refractivity contribution in [1.82, 2.24) is 10.3 Å². The Bertz CT molecular complexity index is 1180. The minimum absolute atomic E-state index is 0.00752. The van der Waals surface area contributed by atoms with E-state index in [1.54, 1.807) is 11.8 Å². The number of carbonyl (C=O) groups is 1. The second-order valence-corrected chi connectivity index (χ2v) is 8.29. The monoisotopic (exact) mass is 426 g/mol. The Morgan fingerprint density at radius 1 is 0.935 bits per heavy atom. The maximum absolute atomic E-state index is 13.2. The van der Waals surface area contributed by atoms with E-state index in [-0.39, 0.29) is 11.9 Å². The van der Waals surface area contributed by atoms with Gasteiger partial charge >= 0.3 is 0 Å². The van der Waals surface area contributed by atoms with Crippen molar-refractivity contribution in [3.05, 3.63) is 96.1 Å². The zero-order chi connectivity index (χ0) is 21.6. The number of pyridine rings is 1. The fraction of sp³-hybridized carbons (Fsp3) is 0.185. The third kappa shape index (κ3) is 4.64. The van der Waals surface area contributed by atoms with Crippen molar-refractivity contribution in [3.8, 4) is 11.3 Å². The summed E-state index contributed by atoms with van der Waals surface area (Å²) in [5.41, 5.74) is 5.09. The molecule has 156 valence electrons. The number of carbonyl (C=O) groups excluding carboxylic acids is 1. The molecule has 1 heterocycles. The smallest absolute Gasteiger partial charge is 0.224 e. The van der Waals surface area contributed by atoms with Crippen LogP contribution in [0.2, 0.25) is 0 Å². The first-order chi connectivity index (χ1) is 15.2. The lowest BCUT2D eigenvalue weighted by Crippen LogP contribution is -2.29. The largest absolute Gasteiger partial charge is 0.349 e. The van der Waals surface area contributed by atoms with Crippen molar-refractivity contribution in [2.75, 3.05) is 6.26 Å². The second kappa shape index (κ2) is 9.80. The molecule has 4 rings (SSSR count). The number of hydrogen-bond donors (Lipinski definition) is 1. The van der Waals surface area contributed by atoms with Gasteiger partial charge in [-0.3, -0.25) is 4.79 Å². The van der Waals surface area contributed by atoms with Crippen LogP contribution >= 0.6 is 11.8 Å². The number of amides is 1. The summed E-state index contributed by atoms with van der Waals surface area (Å²) in [4.78, 5) is 19.2. The summed E-state index contributed by atoms with van der Waals surface area (Å²) in [7, 11) is 0. The van der Waals surface area contributed by atoms with E-state index in [0.29, 0.717) is 6.42 Å². The van der Waals surface area contributed by atoms with Gasteiger partial charge in [0.2, 0.25) is 5.91 Å². The zero-order valence-corrected chi connectivity index (χ0v) is 18.7. The Labute approximate surface area is 187 Å². The van der Waals surface area contributed by atoms with Crippen molar-refractivity contribution in [1.29, 1.82) is 0 Å². The van der Waals surface area contributed by atoms with Gasteiger partial charge < -0.3 is 5.32 Å². The summed E-state index contributed by atoms with van der Waals surface area (Å²) in [5, 5.41) is 4.27. The average molecular weight is 427 g/mol. The first-order valence-corrected chi connectivity index (χ1v) is 11.8. The van der Waals surface area contributed by atoms with Gasteiger partial charge in [0.15, 0.2) is 0 Å². The molecular weight excluding hydrogens is 400 g/mol. The predicted molar refractivity (Wildman–Crippen MR) is 130 cm³/mol. The molecule has 0 aliphatic rings. The van der Waals surface area contributed by atoms with Gasteiger partial charge in [0.25, 0.3) is 0 Å². The van der Waals surface area contributed by atoms with E-state index < -0.39 is 0 Å². The molecule has 0 radical (unpaired) electrons. The molecule has 4 aromatic rings. The van der Waals surface area contributed by atoms with Crippen LogP contribution < -0.4 is 5.32 Å². The first kappa shape index (κ1) is 21.1. The van der Waals surface area contributed by atoms with Crippen LogP contribution in [0.4, 0.5) is 0 Å². The van der Waals surface area contributed by atoms with Crippen LogP contribution in [0.3, 0.4) is 0 Å². The molecule has 3 nitrogen and oxygen atoms in total. The van der Waals surface area contributed by atoms with Gasteiger partial charge in [0, 0.05) is 15.8 Å². The molecule has 3 aromatic carbocycles. The van der Waals surface area contributed by atoms with Crippen molar-refractivity contribution in [2.45, 2.75) is 30.7 Å². The Balaban J connectivity index is 1.73. The lowest BCUT2D eigenvalue weighted by atomic mass is 10.00. The van der Waals surface area contributed by atoms with Crippen LogP contribution in [0.5, 0.6) is 0 Å². The Morgan fingerprint density at radius 3 is 2.26 bits per heavy atom. The highest BCUT2D eigenvalue weighted by atomic mass is 32.2. The van der Waals surface area contributed by atoms with E-state index in [1.165, 1.54) is 0 Å². The highest BCUT2D eigenvalue weighted by Crippen LogP contribution is 2.36. The number of nitrogens with zero attached hydrogens (tertiary/aromatic N) is 1. The summed E-state index contributed by atoms with van der Waals surface area (Å²) < 4.78 is 0. The maximum Gasteiger partial charge on any atom is 0.224 e. The molecule has 0 aliphatic heterocycles. The van der Waals surface area contributed by atoms with Crippen molar-refractivity contribution in [2.24, 2.45) is 0 Å². The molecular formula is C27H26N2OS. The van der Waals surface area contributed by atoms with E-state index >= 15 is 0 Å². The molecule has 1 N–H and O–H groups in total. The minimum Gasteiger partial charge on any atom is -0.349 e. The molecule has 1 atom stereocenters. The Morgan fingerprint density at radius 2 is 1.58 bits per heavy atom. The Hall–Kier alpha value is -3.11. The molecule has 4 heteroatoms. The number of aromatic nitrogens is 1. The zero-order valence-electron chi connectivity index (χ0n) is 17.8. The molecule has 0 fully saturated rings. The average Bonchev–Trinajstić information content (AvgIpc) is 2.83. The number of thioether (sulfide) groups is 1. The number of benzene rings is 3. The fourth-order valence-electron chi connectivity index (χ4n) is 3.96. The van der Waals surface area contributed by atoms with Gasteiger partial charge in [-0.15, -0.1) is 11.8 Å². The molecule has 0 unspecified atom stereocenters. The van der Waals surface area contributed by atoms with E-state index in [1.807, 2.05) is 54.6 Å². The van der Waals surface area contributed by atoms with Gasteiger partial charge in [-0.2, -0.15) is 0 Å². The van der Waals surface area contributed by atoms with Crippen LogP contribution in [-0.4, -0.2) is 17.1 Å². The molecule has 0 saturated carbocycles. The molecule has 0 saturated heterocycles. The maximum atomic E-state index is 13.2. The SMILES string of the molecule is CC[C@H](NC(=O)Cc1c(SC)c(-c2ccccc2)nc2ccccc12)c1ccccc1. The third-order valence-corrected chi connectivity index (χ3v) is 6.33. The molecule has 0 aliphatic carbocycles. The van der Waals surface area contributed by atoms with Gasteiger partial charge in [-0.25, -0.2) is 4.98 Å². The van der Waals surface area contributed by atoms with Gasteiger partial charge in [-0.05, 0) is 29.9 Å². The van der Waals surface area contributed by atoms with Crippen LogP contribution in [0.1, 0.15) is 30.5 Å². The van der Waals surface area contributed by atoms with E-state index in [0.717, 1.165) is 44.6 Å². The van der Waals surface area contributed by atoms with Crippen molar-refractivity contribution >= 4 is 28.6 Å². The summed E-state index contributed by atoms with van der Waals surface area (Å²) in [6.45, 7) is 2.10. The normalized spacial score (nSPS) is 11.9. The highest BCUT2D eigenvalue weighted by Gasteiger charge is 2.20. The molecule has 31 heavy (non-hydrogen) atoms. The van der Waals surface area contributed by atoms with Crippen LogP contribution in [-0.2, 0) is 11.2 Å². The third-order valence-electron chi connectivity index (χ3n) is 5.48. The summed E-state index contributed by atoms with van der Waals surface area (Å²) in [5.74, 6) is 0.0290. The van der Waals surface area contributed by atoms with Crippen LogP contribution in [0, 0.1) is 0 Å². The van der Waals surface area contributed by atoms with Crippen molar-refractivity contribution in [3.63, 3.8) is 0 Å². The molecule has 0 spiro atoms. The van der Waals surface area contributed by atoms with E-state index in [4.69, 9.17) is 4.98 Å². The van der Waals surface area contributed by atoms with Gasteiger partial charge in [0.05, 0.1) is 23.7 Å². The number of fused-ring (bicyclic) bond motifs is 1. The lowest BCUT2D eigenvalue weighted by molar-refractivity contribution is -0.121. The highest BCUT2D eigenvalue weighted by molar-refractivity contribution is 7.98. The fourth-order valence-corrected chi connectivity index (χ4v) is 4.75.